The molecule has 0 radical (unpaired) electrons. The fraction of sp³-hybridized carbons (Fsp3) is 0.786. The minimum Gasteiger partial charge on any atom is -0.481 e. The Bertz CT molecular complexity index is 434. The van der Waals surface area contributed by atoms with E-state index in [1.165, 1.54) is 4.90 Å². The molecule has 1 aliphatic rings. The van der Waals surface area contributed by atoms with Crippen molar-refractivity contribution < 1.29 is 19.5 Å². The zero-order valence-corrected chi connectivity index (χ0v) is 13.3. The van der Waals surface area contributed by atoms with E-state index in [9.17, 15) is 14.4 Å². The van der Waals surface area contributed by atoms with Gasteiger partial charge in [-0.2, -0.15) is 0 Å². The first kappa shape index (κ1) is 17.3. The van der Waals surface area contributed by atoms with Crippen LogP contribution in [0.3, 0.4) is 0 Å². The maximum atomic E-state index is 12.3. The van der Waals surface area contributed by atoms with Gasteiger partial charge in [0.25, 0.3) is 0 Å². The Labute approximate surface area is 125 Å². The summed E-state index contributed by atoms with van der Waals surface area (Å²) in [6, 6.07) is -0.395. The average molecular weight is 299 g/mol. The monoisotopic (exact) mass is 299 g/mol. The molecule has 2 N–H and O–H groups in total. The minimum atomic E-state index is -0.931. The van der Waals surface area contributed by atoms with E-state index in [0.29, 0.717) is 13.1 Å². The summed E-state index contributed by atoms with van der Waals surface area (Å²) >= 11 is 0. The molecule has 1 atom stereocenters. The molecule has 0 spiro atoms. The van der Waals surface area contributed by atoms with Gasteiger partial charge in [0.05, 0.1) is 5.92 Å². The van der Waals surface area contributed by atoms with Gasteiger partial charge in [0, 0.05) is 26.7 Å². The van der Waals surface area contributed by atoms with Crippen LogP contribution in [-0.4, -0.2) is 65.0 Å². The molecule has 0 saturated carbocycles. The van der Waals surface area contributed by atoms with Crippen LogP contribution in [0.15, 0.2) is 0 Å². The topological polar surface area (TPSA) is 90.0 Å². The predicted octanol–water partition coefficient (Wildman–Crippen LogP) is 0.605. The zero-order valence-electron chi connectivity index (χ0n) is 13.3. The van der Waals surface area contributed by atoms with Crippen LogP contribution < -0.4 is 5.32 Å². The lowest BCUT2D eigenvalue weighted by Crippen LogP contribution is -2.65. The number of carbonyl (C=O) groups excluding carboxylic acids is 2. The summed E-state index contributed by atoms with van der Waals surface area (Å²) in [6.45, 7) is 7.96. The molecule has 21 heavy (non-hydrogen) atoms. The largest absolute Gasteiger partial charge is 0.481 e. The number of piperazine rings is 1. The van der Waals surface area contributed by atoms with Crippen LogP contribution in [0.4, 0.5) is 4.79 Å². The normalized spacial score (nSPS) is 19.6. The highest BCUT2D eigenvalue weighted by molar-refractivity contribution is 5.91. The quantitative estimate of drug-likeness (QED) is 0.795. The molecule has 0 aliphatic carbocycles. The van der Waals surface area contributed by atoms with Crippen LogP contribution in [0, 0.1) is 11.8 Å². The third-order valence-electron chi connectivity index (χ3n) is 4.04. The van der Waals surface area contributed by atoms with Crippen LogP contribution in [0.2, 0.25) is 0 Å². The molecule has 7 heteroatoms. The molecule has 0 aromatic heterocycles. The Hall–Kier alpha value is -1.79. The number of nitrogens with zero attached hydrogens (tertiary/aromatic N) is 2. The number of urea groups is 1. The van der Waals surface area contributed by atoms with Crippen LogP contribution in [0.5, 0.6) is 0 Å². The van der Waals surface area contributed by atoms with Gasteiger partial charge in [-0.25, -0.2) is 4.79 Å². The van der Waals surface area contributed by atoms with Crippen molar-refractivity contribution in [1.29, 1.82) is 0 Å². The van der Waals surface area contributed by atoms with Gasteiger partial charge < -0.3 is 20.2 Å². The molecule has 1 unspecified atom stereocenters. The maximum Gasteiger partial charge on any atom is 0.318 e. The molecular formula is C14H25N3O4. The Morgan fingerprint density at radius 3 is 2.38 bits per heavy atom. The summed E-state index contributed by atoms with van der Waals surface area (Å²) in [6.07, 6.45) is 0. The standard InChI is InChI=1S/C14H25N3O4/c1-9(2)10(11(18)19)8-15-13(21)17-7-6-16(5)12(20)14(17,3)4/h9-10H,6-8H2,1-5H3,(H,15,21)(H,18,19). The number of likely N-dealkylation sites (N-methyl/N-ethyl adjacent to an activating group) is 1. The number of aliphatic carboxylic acids is 1. The van der Waals surface area contributed by atoms with E-state index in [0.717, 1.165) is 0 Å². The highest BCUT2D eigenvalue weighted by atomic mass is 16.4. The molecule has 0 bridgehead atoms. The van der Waals surface area contributed by atoms with Gasteiger partial charge >= 0.3 is 12.0 Å². The highest BCUT2D eigenvalue weighted by Gasteiger charge is 2.43. The second kappa shape index (κ2) is 6.32. The van der Waals surface area contributed by atoms with E-state index < -0.39 is 23.5 Å². The first-order valence-electron chi connectivity index (χ1n) is 7.12. The molecule has 120 valence electrons. The maximum absolute atomic E-state index is 12.3. The third-order valence-corrected chi connectivity index (χ3v) is 4.04. The molecule has 7 nitrogen and oxygen atoms in total. The fourth-order valence-corrected chi connectivity index (χ4v) is 2.47. The number of carboxylic acids is 1. The highest BCUT2D eigenvalue weighted by Crippen LogP contribution is 2.21. The van der Waals surface area contributed by atoms with Crippen LogP contribution in [0.1, 0.15) is 27.7 Å². The van der Waals surface area contributed by atoms with Gasteiger partial charge in [0.15, 0.2) is 0 Å². The van der Waals surface area contributed by atoms with Gasteiger partial charge in [-0.05, 0) is 19.8 Å². The van der Waals surface area contributed by atoms with Crippen LogP contribution >= 0.6 is 0 Å². The molecule has 1 rings (SSSR count). The molecule has 1 fully saturated rings. The van der Waals surface area contributed by atoms with Crippen molar-refractivity contribution in [1.82, 2.24) is 15.1 Å². The van der Waals surface area contributed by atoms with Crippen molar-refractivity contribution in [2.24, 2.45) is 11.8 Å². The van der Waals surface area contributed by atoms with Crippen LogP contribution in [-0.2, 0) is 9.59 Å². The van der Waals surface area contributed by atoms with Crippen molar-refractivity contribution in [2.45, 2.75) is 33.2 Å². The molecule has 1 aliphatic heterocycles. The van der Waals surface area contributed by atoms with Crippen LogP contribution in [0.25, 0.3) is 0 Å². The summed E-state index contributed by atoms with van der Waals surface area (Å²) in [5, 5.41) is 11.8. The minimum absolute atomic E-state index is 0.0580. The van der Waals surface area contributed by atoms with E-state index in [-0.39, 0.29) is 18.4 Å². The van der Waals surface area contributed by atoms with Crippen molar-refractivity contribution in [2.75, 3.05) is 26.7 Å². The number of rotatable bonds is 4. The van der Waals surface area contributed by atoms with Crippen molar-refractivity contribution in [3.8, 4) is 0 Å². The number of carbonyl (C=O) groups is 3. The molecule has 3 amide bonds. The number of amides is 3. The Kier molecular flexibility index (Phi) is 5.20. The second-order valence-corrected chi connectivity index (χ2v) is 6.31. The second-order valence-electron chi connectivity index (χ2n) is 6.31. The van der Waals surface area contributed by atoms with E-state index >= 15 is 0 Å². The summed E-state index contributed by atoms with van der Waals surface area (Å²) in [5.41, 5.74) is -0.923. The van der Waals surface area contributed by atoms with E-state index in [1.54, 1.807) is 39.6 Å². The summed E-state index contributed by atoms with van der Waals surface area (Å²) in [5.74, 6) is -1.77. The summed E-state index contributed by atoms with van der Waals surface area (Å²) < 4.78 is 0. The van der Waals surface area contributed by atoms with E-state index in [4.69, 9.17) is 5.11 Å². The lowest BCUT2D eigenvalue weighted by atomic mass is 9.96. The first-order valence-corrected chi connectivity index (χ1v) is 7.12. The van der Waals surface area contributed by atoms with E-state index in [1.807, 2.05) is 0 Å². The molecule has 1 heterocycles. The van der Waals surface area contributed by atoms with E-state index in [2.05, 4.69) is 5.32 Å². The van der Waals surface area contributed by atoms with Crippen molar-refractivity contribution >= 4 is 17.9 Å². The number of carboxylic acid groups (broad SMARTS) is 1. The summed E-state index contributed by atoms with van der Waals surface area (Å²) in [4.78, 5) is 38.6. The SMILES string of the molecule is CC(C)C(CNC(=O)N1CCN(C)C(=O)C1(C)C)C(=O)O. The van der Waals surface area contributed by atoms with Gasteiger partial charge in [-0.15, -0.1) is 0 Å². The number of hydrogen-bond donors (Lipinski definition) is 2. The molecule has 1 saturated heterocycles. The molecule has 0 aromatic carbocycles. The third kappa shape index (κ3) is 3.65. The molecule has 0 aromatic rings. The zero-order chi connectivity index (χ0) is 16.4. The Morgan fingerprint density at radius 1 is 1.33 bits per heavy atom. The van der Waals surface area contributed by atoms with Crippen molar-refractivity contribution in [3.63, 3.8) is 0 Å². The summed E-state index contributed by atoms with van der Waals surface area (Å²) in [7, 11) is 1.71. The van der Waals surface area contributed by atoms with Gasteiger partial charge in [-0.1, -0.05) is 13.8 Å². The smallest absolute Gasteiger partial charge is 0.318 e. The number of nitrogens with one attached hydrogen (secondary N) is 1. The first-order chi connectivity index (χ1) is 9.59. The van der Waals surface area contributed by atoms with Gasteiger partial charge in [0.1, 0.15) is 5.54 Å². The lowest BCUT2D eigenvalue weighted by molar-refractivity contribution is -0.145. The number of hydrogen-bond acceptors (Lipinski definition) is 3. The predicted molar refractivity (Wildman–Crippen MR) is 77.8 cm³/mol. The van der Waals surface area contributed by atoms with Gasteiger partial charge in [0.2, 0.25) is 5.91 Å². The Balaban J connectivity index is 2.71. The Morgan fingerprint density at radius 2 is 1.90 bits per heavy atom. The lowest BCUT2D eigenvalue weighted by Gasteiger charge is -2.44. The average Bonchev–Trinajstić information content (AvgIpc) is 2.35. The fourth-order valence-electron chi connectivity index (χ4n) is 2.47. The molecular weight excluding hydrogens is 274 g/mol. The van der Waals surface area contributed by atoms with Gasteiger partial charge in [-0.3, -0.25) is 9.59 Å². The van der Waals surface area contributed by atoms with Crippen molar-refractivity contribution in [3.05, 3.63) is 0 Å².